The van der Waals surface area contributed by atoms with Gasteiger partial charge in [0.05, 0.1) is 11.6 Å². The van der Waals surface area contributed by atoms with Gasteiger partial charge >= 0.3 is 6.18 Å². The fourth-order valence-electron chi connectivity index (χ4n) is 2.03. The van der Waals surface area contributed by atoms with E-state index in [2.05, 4.69) is 5.43 Å². The van der Waals surface area contributed by atoms with E-state index in [1.165, 1.54) is 23.5 Å². The Balaban J connectivity index is 2.54. The van der Waals surface area contributed by atoms with Gasteiger partial charge < -0.3 is 0 Å². The largest absolute Gasteiger partial charge is 0.419 e. The Morgan fingerprint density at radius 3 is 2.40 bits per heavy atom. The summed E-state index contributed by atoms with van der Waals surface area (Å²) in [5.74, 6) is 4.10. The van der Waals surface area contributed by atoms with Crippen LogP contribution in [-0.2, 0) is 6.18 Å². The van der Waals surface area contributed by atoms with Crippen molar-refractivity contribution in [2.75, 3.05) is 0 Å². The van der Waals surface area contributed by atoms with Crippen LogP contribution in [0.25, 0.3) is 0 Å². The van der Waals surface area contributed by atoms with Gasteiger partial charge in [0, 0.05) is 10.4 Å². The number of alkyl halides is 3. The van der Waals surface area contributed by atoms with Crippen molar-refractivity contribution >= 4 is 11.3 Å². The number of thiophene rings is 1. The van der Waals surface area contributed by atoms with Crippen LogP contribution < -0.4 is 11.3 Å². The van der Waals surface area contributed by atoms with Gasteiger partial charge in [0.2, 0.25) is 0 Å². The molecule has 1 atom stereocenters. The summed E-state index contributed by atoms with van der Waals surface area (Å²) in [6.07, 6.45) is -4.73. The second-order valence-corrected chi connectivity index (χ2v) is 5.36. The Morgan fingerprint density at radius 1 is 1.20 bits per heavy atom. The molecule has 3 N–H and O–H groups in total. The van der Waals surface area contributed by atoms with Gasteiger partial charge in [-0.15, -0.1) is 11.3 Å². The topological polar surface area (TPSA) is 38.0 Å². The maximum atomic E-state index is 14.1. The minimum atomic E-state index is -4.73. The van der Waals surface area contributed by atoms with Crippen molar-refractivity contribution in [3.8, 4) is 0 Å². The molecule has 0 aliphatic rings. The molecule has 20 heavy (non-hydrogen) atoms. The second kappa shape index (κ2) is 5.51. The minimum absolute atomic E-state index is 0.121. The molecule has 0 bridgehead atoms. The number of rotatable bonds is 3. The molecule has 2 nitrogen and oxygen atoms in total. The fraction of sp³-hybridized carbons (Fsp3) is 0.231. The molecule has 2 rings (SSSR count). The normalized spacial score (nSPS) is 13.5. The number of halogens is 4. The van der Waals surface area contributed by atoms with Crippen LogP contribution in [0.3, 0.4) is 0 Å². The summed E-state index contributed by atoms with van der Waals surface area (Å²) in [4.78, 5) is 0.866. The quantitative estimate of drug-likeness (QED) is 0.515. The molecule has 0 fully saturated rings. The molecule has 0 aliphatic carbocycles. The van der Waals surface area contributed by atoms with Crippen LogP contribution in [0.15, 0.2) is 29.6 Å². The molecule has 7 heteroatoms. The third-order valence-electron chi connectivity index (χ3n) is 3.02. The van der Waals surface area contributed by atoms with Crippen LogP contribution in [0.4, 0.5) is 17.6 Å². The molecular weight excluding hydrogens is 292 g/mol. The predicted octanol–water partition coefficient (Wildman–Crippen LogP) is 3.77. The van der Waals surface area contributed by atoms with E-state index in [-0.39, 0.29) is 5.56 Å². The van der Waals surface area contributed by atoms with Gasteiger partial charge in [-0.05, 0) is 30.0 Å². The lowest BCUT2D eigenvalue weighted by molar-refractivity contribution is -0.140. The Morgan fingerprint density at radius 2 is 1.90 bits per heavy atom. The highest BCUT2D eigenvalue weighted by Crippen LogP contribution is 2.36. The zero-order valence-corrected chi connectivity index (χ0v) is 11.3. The van der Waals surface area contributed by atoms with Gasteiger partial charge in [-0.25, -0.2) is 9.82 Å². The molecule has 1 unspecified atom stereocenters. The summed E-state index contributed by atoms with van der Waals surface area (Å²) in [6.45, 7) is 1.80. The van der Waals surface area contributed by atoms with Crippen LogP contribution >= 0.6 is 11.3 Å². The van der Waals surface area contributed by atoms with Gasteiger partial charge in [0.1, 0.15) is 5.82 Å². The van der Waals surface area contributed by atoms with E-state index in [0.29, 0.717) is 11.6 Å². The Kier molecular flexibility index (Phi) is 4.12. The van der Waals surface area contributed by atoms with Gasteiger partial charge in [-0.3, -0.25) is 5.84 Å². The monoisotopic (exact) mass is 304 g/mol. The van der Waals surface area contributed by atoms with E-state index in [0.717, 1.165) is 4.88 Å². The van der Waals surface area contributed by atoms with Crippen LogP contribution in [-0.4, -0.2) is 0 Å². The first-order chi connectivity index (χ1) is 9.36. The van der Waals surface area contributed by atoms with E-state index in [4.69, 9.17) is 5.84 Å². The minimum Gasteiger partial charge on any atom is -0.271 e. The van der Waals surface area contributed by atoms with E-state index < -0.39 is 23.6 Å². The lowest BCUT2D eigenvalue weighted by Crippen LogP contribution is -2.30. The SMILES string of the molecule is Cc1sccc1C(NN)c1cccc(C(F)(F)F)c1F. The number of aryl methyl sites for hydroxylation is 1. The summed E-state index contributed by atoms with van der Waals surface area (Å²) < 4.78 is 52.3. The van der Waals surface area contributed by atoms with E-state index in [9.17, 15) is 17.6 Å². The third-order valence-corrected chi connectivity index (χ3v) is 3.88. The predicted molar refractivity (Wildman–Crippen MR) is 69.6 cm³/mol. The van der Waals surface area contributed by atoms with Crippen molar-refractivity contribution in [1.82, 2.24) is 5.43 Å². The fourth-order valence-corrected chi connectivity index (χ4v) is 2.77. The van der Waals surface area contributed by atoms with Crippen molar-refractivity contribution < 1.29 is 17.6 Å². The van der Waals surface area contributed by atoms with Crippen LogP contribution in [0, 0.1) is 12.7 Å². The summed E-state index contributed by atoms with van der Waals surface area (Å²) in [5.41, 5.74) is 1.63. The third kappa shape index (κ3) is 2.70. The number of benzene rings is 1. The number of nitrogens with one attached hydrogen (secondary N) is 1. The highest BCUT2D eigenvalue weighted by atomic mass is 32.1. The molecule has 108 valence electrons. The Hall–Kier alpha value is -1.44. The molecule has 1 aromatic heterocycles. The number of hydrazine groups is 1. The molecule has 2 aromatic rings. The van der Waals surface area contributed by atoms with Crippen molar-refractivity contribution in [2.45, 2.75) is 19.1 Å². The molecule has 0 amide bonds. The van der Waals surface area contributed by atoms with E-state index >= 15 is 0 Å². The van der Waals surface area contributed by atoms with Gasteiger partial charge in [0.15, 0.2) is 0 Å². The molecule has 0 saturated carbocycles. The molecule has 1 heterocycles. The van der Waals surface area contributed by atoms with Crippen LogP contribution in [0.1, 0.15) is 27.6 Å². The summed E-state index contributed by atoms with van der Waals surface area (Å²) in [6, 6.07) is 4.08. The smallest absolute Gasteiger partial charge is 0.271 e. The van der Waals surface area contributed by atoms with Crippen LogP contribution in [0.2, 0.25) is 0 Å². The lowest BCUT2D eigenvalue weighted by atomic mass is 9.97. The molecule has 0 spiro atoms. The lowest BCUT2D eigenvalue weighted by Gasteiger charge is -2.19. The summed E-state index contributed by atoms with van der Waals surface area (Å²) in [7, 11) is 0. The number of nitrogens with two attached hydrogens (primary N) is 1. The van der Waals surface area contributed by atoms with Crippen molar-refractivity contribution in [2.24, 2.45) is 5.84 Å². The average Bonchev–Trinajstić information content (AvgIpc) is 2.77. The standard InChI is InChI=1S/C13H12F4N2S/c1-7-8(5-6-20-7)12(19-18)9-3-2-4-10(11(9)14)13(15,16)17/h2-6,12,19H,18H2,1H3. The maximum Gasteiger partial charge on any atom is 0.419 e. The first-order valence-corrected chi connectivity index (χ1v) is 6.60. The number of hydrogen-bond acceptors (Lipinski definition) is 3. The first-order valence-electron chi connectivity index (χ1n) is 5.72. The summed E-state index contributed by atoms with van der Waals surface area (Å²) in [5, 5.41) is 1.78. The van der Waals surface area contributed by atoms with Crippen molar-refractivity contribution in [3.63, 3.8) is 0 Å². The maximum absolute atomic E-state index is 14.1. The van der Waals surface area contributed by atoms with Crippen molar-refractivity contribution in [1.29, 1.82) is 0 Å². The zero-order chi connectivity index (χ0) is 14.9. The van der Waals surface area contributed by atoms with Crippen LogP contribution in [0.5, 0.6) is 0 Å². The van der Waals surface area contributed by atoms with E-state index in [1.807, 2.05) is 0 Å². The zero-order valence-electron chi connectivity index (χ0n) is 10.5. The van der Waals surface area contributed by atoms with Gasteiger partial charge in [-0.1, -0.05) is 12.1 Å². The molecule has 0 saturated heterocycles. The van der Waals surface area contributed by atoms with Gasteiger partial charge in [-0.2, -0.15) is 13.2 Å². The van der Waals surface area contributed by atoms with Crippen molar-refractivity contribution in [3.05, 3.63) is 57.0 Å². The molecule has 1 aromatic carbocycles. The highest BCUT2D eigenvalue weighted by molar-refractivity contribution is 7.10. The average molecular weight is 304 g/mol. The highest BCUT2D eigenvalue weighted by Gasteiger charge is 2.36. The van der Waals surface area contributed by atoms with E-state index in [1.54, 1.807) is 18.4 Å². The Bertz CT molecular complexity index is 607. The molecular formula is C13H12F4N2S. The molecule has 0 aliphatic heterocycles. The number of hydrogen-bond donors (Lipinski definition) is 2. The first kappa shape index (κ1) is 15.0. The molecule has 0 radical (unpaired) electrons. The van der Waals surface area contributed by atoms with Gasteiger partial charge in [0.25, 0.3) is 0 Å². The Labute approximate surface area is 117 Å². The second-order valence-electron chi connectivity index (χ2n) is 4.24. The summed E-state index contributed by atoms with van der Waals surface area (Å²) >= 11 is 1.42.